The van der Waals surface area contributed by atoms with E-state index >= 15 is 0 Å². The fourth-order valence-corrected chi connectivity index (χ4v) is 1.01. The van der Waals surface area contributed by atoms with Crippen molar-refractivity contribution in [1.29, 1.82) is 0 Å². The van der Waals surface area contributed by atoms with Crippen molar-refractivity contribution in [3.8, 4) is 0 Å². The Bertz CT molecular complexity index is 106. The van der Waals surface area contributed by atoms with Gasteiger partial charge in [0.15, 0.2) is 0 Å². The molecule has 4 nitrogen and oxygen atoms in total. The number of nitrogens with zero attached hydrogens (tertiary/aromatic N) is 1. The number of hydrogen-bond acceptors (Lipinski definition) is 4. The van der Waals surface area contributed by atoms with Crippen LogP contribution in [0.4, 0.5) is 0 Å². The Hall–Kier alpha value is -0.160. The van der Waals surface area contributed by atoms with E-state index in [-0.39, 0.29) is 6.04 Å². The molecule has 4 N–H and O–H groups in total. The maximum absolute atomic E-state index is 9.54. The zero-order valence-corrected chi connectivity index (χ0v) is 8.25. The first-order valence-corrected chi connectivity index (χ1v) is 4.51. The molecule has 0 saturated carbocycles. The van der Waals surface area contributed by atoms with Crippen molar-refractivity contribution in [3.05, 3.63) is 0 Å². The molecule has 4 heteroatoms. The molecule has 0 radical (unpaired) electrons. The number of hydrazine groups is 1. The minimum absolute atomic E-state index is 0.118. The normalized spacial score (nSPS) is 16.5. The van der Waals surface area contributed by atoms with Gasteiger partial charge in [0.25, 0.3) is 0 Å². The van der Waals surface area contributed by atoms with Gasteiger partial charge in [-0.15, -0.1) is 0 Å². The lowest BCUT2D eigenvalue weighted by atomic mass is 10.1. The van der Waals surface area contributed by atoms with Crippen LogP contribution in [0.2, 0.25) is 0 Å². The highest BCUT2D eigenvalue weighted by atomic mass is 16.3. The van der Waals surface area contributed by atoms with E-state index in [2.05, 4.69) is 5.43 Å². The van der Waals surface area contributed by atoms with Gasteiger partial charge in [-0.1, -0.05) is 13.8 Å². The van der Waals surface area contributed by atoms with E-state index in [1.165, 1.54) is 0 Å². The molecule has 0 aromatic heterocycles. The fraction of sp³-hybridized carbons (Fsp3) is 1.00. The Labute approximate surface area is 74.7 Å². The number of hydrogen-bond donors (Lipinski definition) is 3. The number of likely N-dealkylation sites (N-methyl/N-ethyl adjacent to an activating group) is 1. The molecule has 0 bridgehead atoms. The molecule has 0 aliphatic heterocycles. The summed E-state index contributed by atoms with van der Waals surface area (Å²) in [5, 5.41) is 11.5. The molecule has 0 spiro atoms. The Balaban J connectivity index is 3.72. The van der Waals surface area contributed by atoms with Gasteiger partial charge in [0, 0.05) is 19.1 Å². The third-order valence-electron chi connectivity index (χ3n) is 2.07. The summed E-state index contributed by atoms with van der Waals surface area (Å²) < 4.78 is 0. The van der Waals surface area contributed by atoms with Crippen LogP contribution < -0.4 is 11.2 Å². The number of aliphatic hydroxyl groups is 1. The monoisotopic (exact) mass is 175 g/mol. The van der Waals surface area contributed by atoms with Gasteiger partial charge >= 0.3 is 0 Å². The van der Waals surface area contributed by atoms with Gasteiger partial charge in [0.05, 0.1) is 6.10 Å². The van der Waals surface area contributed by atoms with Crippen LogP contribution in [0.15, 0.2) is 0 Å². The Morgan fingerprint density at radius 1 is 1.50 bits per heavy atom. The third-order valence-corrected chi connectivity index (χ3v) is 2.07. The average molecular weight is 175 g/mol. The summed E-state index contributed by atoms with van der Waals surface area (Å²) in [4.78, 5) is 0. The number of aliphatic hydroxyl groups excluding tert-OH is 1. The van der Waals surface area contributed by atoms with Gasteiger partial charge in [-0.2, -0.15) is 0 Å². The lowest BCUT2D eigenvalue weighted by molar-refractivity contribution is 0.0727. The van der Waals surface area contributed by atoms with Crippen LogP contribution in [0, 0.1) is 0 Å². The molecular formula is C8H21N3O. The molecule has 0 aliphatic carbocycles. The first kappa shape index (κ1) is 11.8. The van der Waals surface area contributed by atoms with E-state index in [0.29, 0.717) is 6.54 Å². The van der Waals surface area contributed by atoms with Gasteiger partial charge < -0.3 is 10.8 Å². The quantitative estimate of drug-likeness (QED) is 0.478. The molecule has 0 fully saturated rings. The lowest BCUT2D eigenvalue weighted by Gasteiger charge is -2.25. The first-order chi connectivity index (χ1) is 5.65. The molecule has 74 valence electrons. The number of nitrogens with one attached hydrogen (secondary N) is 1. The molecule has 0 heterocycles. The fourth-order valence-electron chi connectivity index (χ4n) is 1.01. The summed E-state index contributed by atoms with van der Waals surface area (Å²) in [7, 11) is 1.84. The second-order valence-corrected chi connectivity index (χ2v) is 2.90. The number of nitrogens with two attached hydrogens (primary N) is 1. The van der Waals surface area contributed by atoms with Crippen LogP contribution in [0.5, 0.6) is 0 Å². The van der Waals surface area contributed by atoms with E-state index < -0.39 is 6.10 Å². The highest BCUT2D eigenvalue weighted by Crippen LogP contribution is 1.96. The second-order valence-electron chi connectivity index (χ2n) is 2.90. The van der Waals surface area contributed by atoms with Crippen LogP contribution in [0.1, 0.15) is 20.3 Å². The smallest absolute Gasteiger partial charge is 0.0831 e. The molecule has 1 unspecified atom stereocenters. The Morgan fingerprint density at radius 3 is 2.42 bits per heavy atom. The van der Waals surface area contributed by atoms with Gasteiger partial charge in [-0.05, 0) is 13.5 Å². The zero-order valence-electron chi connectivity index (χ0n) is 8.25. The molecule has 12 heavy (non-hydrogen) atoms. The molecule has 0 rings (SSSR count). The maximum Gasteiger partial charge on any atom is 0.0831 e. The highest BCUT2D eigenvalue weighted by molar-refractivity contribution is 4.72. The van der Waals surface area contributed by atoms with Crippen molar-refractivity contribution in [1.82, 2.24) is 10.4 Å². The van der Waals surface area contributed by atoms with E-state index in [1.807, 2.05) is 25.9 Å². The third kappa shape index (κ3) is 4.01. The molecule has 0 aromatic rings. The topological polar surface area (TPSA) is 61.5 Å². The van der Waals surface area contributed by atoms with Crippen LogP contribution >= 0.6 is 0 Å². The zero-order chi connectivity index (χ0) is 9.56. The van der Waals surface area contributed by atoms with Crippen molar-refractivity contribution in [2.75, 3.05) is 20.1 Å². The van der Waals surface area contributed by atoms with Crippen molar-refractivity contribution in [2.24, 2.45) is 5.73 Å². The molecule has 0 amide bonds. The summed E-state index contributed by atoms with van der Waals surface area (Å²) in [5.74, 6) is 0. The molecule has 0 aromatic carbocycles. The Kier molecular flexibility index (Phi) is 6.28. The van der Waals surface area contributed by atoms with Gasteiger partial charge in [-0.25, -0.2) is 5.01 Å². The van der Waals surface area contributed by atoms with Crippen molar-refractivity contribution >= 4 is 0 Å². The first-order valence-electron chi connectivity index (χ1n) is 4.51. The highest BCUT2D eigenvalue weighted by Gasteiger charge is 2.14. The van der Waals surface area contributed by atoms with Gasteiger partial charge in [0.1, 0.15) is 0 Å². The standard InChI is InChI=1S/C8H21N3O/c1-4-7(9)8(12)6-11(5-2)10-3/h7-8,10,12H,4-6,9H2,1-3H3/t7?,8-/m0/s1. The van der Waals surface area contributed by atoms with Crippen molar-refractivity contribution in [3.63, 3.8) is 0 Å². The molecule has 0 saturated heterocycles. The van der Waals surface area contributed by atoms with Crippen LogP contribution in [0.25, 0.3) is 0 Å². The summed E-state index contributed by atoms with van der Waals surface area (Å²) in [6.45, 7) is 5.45. The predicted octanol–water partition coefficient (Wildman–Crippen LogP) is -0.459. The minimum atomic E-state index is -0.442. The van der Waals surface area contributed by atoms with Gasteiger partial charge in [0.2, 0.25) is 0 Å². The summed E-state index contributed by atoms with van der Waals surface area (Å²) in [6.07, 6.45) is 0.366. The van der Waals surface area contributed by atoms with E-state index in [1.54, 1.807) is 0 Å². The van der Waals surface area contributed by atoms with Crippen LogP contribution in [-0.2, 0) is 0 Å². The largest absolute Gasteiger partial charge is 0.390 e. The van der Waals surface area contributed by atoms with Crippen LogP contribution in [0.3, 0.4) is 0 Å². The van der Waals surface area contributed by atoms with E-state index in [0.717, 1.165) is 13.0 Å². The maximum atomic E-state index is 9.54. The van der Waals surface area contributed by atoms with Crippen LogP contribution in [-0.4, -0.2) is 42.4 Å². The van der Waals surface area contributed by atoms with E-state index in [9.17, 15) is 5.11 Å². The van der Waals surface area contributed by atoms with Crippen molar-refractivity contribution in [2.45, 2.75) is 32.4 Å². The SMILES string of the molecule is CCC(N)[C@@H](O)CN(CC)NC. The summed E-state index contributed by atoms with van der Waals surface area (Å²) in [6, 6.07) is -0.118. The second kappa shape index (κ2) is 6.37. The Morgan fingerprint density at radius 2 is 2.08 bits per heavy atom. The number of rotatable bonds is 6. The molecular weight excluding hydrogens is 154 g/mol. The summed E-state index contributed by atoms with van der Waals surface area (Å²) >= 11 is 0. The lowest BCUT2D eigenvalue weighted by Crippen LogP contribution is -2.47. The summed E-state index contributed by atoms with van der Waals surface area (Å²) in [5.41, 5.74) is 8.65. The minimum Gasteiger partial charge on any atom is -0.390 e. The van der Waals surface area contributed by atoms with E-state index in [4.69, 9.17) is 5.73 Å². The predicted molar refractivity (Wildman–Crippen MR) is 50.6 cm³/mol. The van der Waals surface area contributed by atoms with Crippen molar-refractivity contribution < 1.29 is 5.11 Å². The molecule has 0 aliphatic rings. The molecule has 2 atom stereocenters. The van der Waals surface area contributed by atoms with Gasteiger partial charge in [-0.3, -0.25) is 5.43 Å². The average Bonchev–Trinajstić information content (AvgIpc) is 2.12.